The van der Waals surface area contributed by atoms with Crippen molar-refractivity contribution >= 4 is 5.78 Å². The normalized spacial score (nSPS) is 10.3. The van der Waals surface area contributed by atoms with Gasteiger partial charge < -0.3 is 9.67 Å². The van der Waals surface area contributed by atoms with E-state index < -0.39 is 0 Å². The lowest BCUT2D eigenvalue weighted by molar-refractivity contribution is 0.100. The first kappa shape index (κ1) is 10.5. The summed E-state index contributed by atoms with van der Waals surface area (Å²) in [6.45, 7) is 2.20. The number of phenolic OH excluding ortho intramolecular Hbond substituents is 1. The zero-order valence-corrected chi connectivity index (χ0v) is 9.05. The van der Waals surface area contributed by atoms with Crippen molar-refractivity contribution in [2.45, 2.75) is 13.5 Å². The highest BCUT2D eigenvalue weighted by Gasteiger charge is 2.05. The number of carbonyl (C=O) groups is 1. The van der Waals surface area contributed by atoms with Crippen molar-refractivity contribution < 1.29 is 9.90 Å². The van der Waals surface area contributed by atoms with Gasteiger partial charge in [0.15, 0.2) is 5.78 Å². The average Bonchev–Trinajstić information content (AvgIpc) is 2.69. The summed E-state index contributed by atoms with van der Waals surface area (Å²) in [4.78, 5) is 11.3. The summed E-state index contributed by atoms with van der Waals surface area (Å²) < 4.78 is 1.90. The third kappa shape index (κ3) is 2.14. The van der Waals surface area contributed by atoms with Crippen LogP contribution in [0.5, 0.6) is 5.75 Å². The molecule has 2 rings (SSSR count). The van der Waals surface area contributed by atoms with Crippen LogP contribution in [0.1, 0.15) is 23.0 Å². The molecule has 0 aliphatic carbocycles. The molecule has 0 atom stereocenters. The Balaban J connectivity index is 2.23. The van der Waals surface area contributed by atoms with Crippen LogP contribution in [-0.2, 0) is 6.54 Å². The van der Waals surface area contributed by atoms with Gasteiger partial charge in [-0.15, -0.1) is 0 Å². The highest BCUT2D eigenvalue weighted by Crippen LogP contribution is 2.12. The Kier molecular flexibility index (Phi) is 2.77. The number of rotatable bonds is 3. The van der Waals surface area contributed by atoms with Gasteiger partial charge in [0.05, 0.1) is 5.69 Å². The van der Waals surface area contributed by atoms with E-state index in [2.05, 4.69) is 0 Å². The fraction of sp³-hybridized carbons (Fsp3) is 0.154. The van der Waals surface area contributed by atoms with Crippen LogP contribution in [-0.4, -0.2) is 15.5 Å². The molecular formula is C13H13NO2. The lowest BCUT2D eigenvalue weighted by atomic mass is 10.2. The molecule has 0 aliphatic rings. The molecule has 0 unspecified atom stereocenters. The van der Waals surface area contributed by atoms with Gasteiger partial charge in [0.1, 0.15) is 5.75 Å². The maximum Gasteiger partial charge on any atom is 0.176 e. The molecule has 0 fully saturated rings. The number of phenols is 1. The Morgan fingerprint density at radius 2 is 1.94 bits per heavy atom. The number of aromatic hydroxyl groups is 1. The Morgan fingerprint density at radius 3 is 2.56 bits per heavy atom. The van der Waals surface area contributed by atoms with Crippen LogP contribution in [0, 0.1) is 0 Å². The minimum absolute atomic E-state index is 0.0591. The third-order valence-corrected chi connectivity index (χ3v) is 2.48. The van der Waals surface area contributed by atoms with E-state index in [9.17, 15) is 4.79 Å². The molecular weight excluding hydrogens is 202 g/mol. The lowest BCUT2D eigenvalue weighted by Gasteiger charge is -2.07. The van der Waals surface area contributed by atoms with E-state index in [0.717, 1.165) is 5.56 Å². The van der Waals surface area contributed by atoms with E-state index in [-0.39, 0.29) is 11.5 Å². The molecule has 3 nitrogen and oxygen atoms in total. The zero-order chi connectivity index (χ0) is 11.5. The fourth-order valence-corrected chi connectivity index (χ4v) is 1.67. The van der Waals surface area contributed by atoms with Gasteiger partial charge in [-0.05, 0) is 29.8 Å². The SMILES string of the molecule is CC(=O)c1cccn1Cc1ccc(O)cc1. The van der Waals surface area contributed by atoms with Crippen LogP contribution in [0.4, 0.5) is 0 Å². The van der Waals surface area contributed by atoms with Gasteiger partial charge in [-0.25, -0.2) is 0 Å². The maximum absolute atomic E-state index is 11.3. The van der Waals surface area contributed by atoms with Crippen LogP contribution < -0.4 is 0 Å². The van der Waals surface area contributed by atoms with Crippen molar-refractivity contribution in [3.05, 3.63) is 53.9 Å². The molecule has 2 aromatic rings. The summed E-state index contributed by atoms with van der Waals surface area (Å²) in [6, 6.07) is 10.6. The topological polar surface area (TPSA) is 42.2 Å². The first-order chi connectivity index (χ1) is 7.66. The maximum atomic E-state index is 11.3. The molecule has 1 heterocycles. The number of benzene rings is 1. The molecule has 0 saturated heterocycles. The van der Waals surface area contributed by atoms with Crippen molar-refractivity contribution in [2.75, 3.05) is 0 Å². The summed E-state index contributed by atoms with van der Waals surface area (Å²) in [5.74, 6) is 0.312. The third-order valence-electron chi connectivity index (χ3n) is 2.48. The first-order valence-corrected chi connectivity index (χ1v) is 5.11. The number of hydrogen-bond donors (Lipinski definition) is 1. The fourth-order valence-electron chi connectivity index (χ4n) is 1.67. The molecule has 0 bridgehead atoms. The summed E-state index contributed by atoms with van der Waals surface area (Å²) in [5.41, 5.74) is 1.75. The van der Waals surface area contributed by atoms with Crippen LogP contribution >= 0.6 is 0 Å². The van der Waals surface area contributed by atoms with Crippen molar-refractivity contribution in [3.63, 3.8) is 0 Å². The van der Waals surface area contributed by atoms with E-state index in [1.807, 2.05) is 35.0 Å². The summed E-state index contributed by atoms with van der Waals surface area (Å²) in [5, 5.41) is 9.16. The molecule has 0 saturated carbocycles. The van der Waals surface area contributed by atoms with E-state index >= 15 is 0 Å². The van der Waals surface area contributed by atoms with Crippen molar-refractivity contribution in [1.29, 1.82) is 0 Å². The molecule has 1 aromatic carbocycles. The van der Waals surface area contributed by atoms with E-state index in [4.69, 9.17) is 5.11 Å². The van der Waals surface area contributed by atoms with Gasteiger partial charge in [0.2, 0.25) is 0 Å². The molecule has 0 radical (unpaired) electrons. The van der Waals surface area contributed by atoms with Gasteiger partial charge in [-0.3, -0.25) is 4.79 Å². The van der Waals surface area contributed by atoms with Crippen LogP contribution in [0.25, 0.3) is 0 Å². The molecule has 1 aromatic heterocycles. The van der Waals surface area contributed by atoms with Gasteiger partial charge >= 0.3 is 0 Å². The van der Waals surface area contributed by atoms with Crippen molar-refractivity contribution in [3.8, 4) is 5.75 Å². The number of aromatic nitrogens is 1. The molecule has 0 spiro atoms. The monoisotopic (exact) mass is 215 g/mol. The van der Waals surface area contributed by atoms with Crippen LogP contribution in [0.2, 0.25) is 0 Å². The van der Waals surface area contributed by atoms with Crippen LogP contribution in [0.15, 0.2) is 42.6 Å². The Bertz CT molecular complexity index is 497. The second kappa shape index (κ2) is 4.23. The average molecular weight is 215 g/mol. The molecule has 0 aliphatic heterocycles. The number of nitrogens with zero attached hydrogens (tertiary/aromatic N) is 1. The van der Waals surface area contributed by atoms with Gasteiger partial charge in [0.25, 0.3) is 0 Å². The molecule has 16 heavy (non-hydrogen) atoms. The number of hydrogen-bond acceptors (Lipinski definition) is 2. The van der Waals surface area contributed by atoms with E-state index in [0.29, 0.717) is 12.2 Å². The zero-order valence-electron chi connectivity index (χ0n) is 9.05. The van der Waals surface area contributed by atoms with E-state index in [1.54, 1.807) is 19.1 Å². The minimum atomic E-state index is 0.0591. The molecule has 82 valence electrons. The van der Waals surface area contributed by atoms with Gasteiger partial charge in [-0.2, -0.15) is 0 Å². The summed E-state index contributed by atoms with van der Waals surface area (Å²) >= 11 is 0. The number of carbonyl (C=O) groups excluding carboxylic acids is 1. The molecule has 0 amide bonds. The minimum Gasteiger partial charge on any atom is -0.508 e. The van der Waals surface area contributed by atoms with Gasteiger partial charge in [-0.1, -0.05) is 12.1 Å². The second-order valence-corrected chi connectivity index (χ2v) is 3.74. The first-order valence-electron chi connectivity index (χ1n) is 5.11. The summed E-state index contributed by atoms with van der Waals surface area (Å²) in [6.07, 6.45) is 1.88. The number of Topliss-reactive ketones (excluding diaryl/α,β-unsaturated/α-hetero) is 1. The van der Waals surface area contributed by atoms with Gasteiger partial charge in [0, 0.05) is 19.7 Å². The Labute approximate surface area is 94.0 Å². The van der Waals surface area contributed by atoms with E-state index in [1.165, 1.54) is 0 Å². The standard InChI is InChI=1S/C13H13NO2/c1-10(15)13-3-2-8-14(13)9-11-4-6-12(16)7-5-11/h2-8,16H,9H2,1H3. The van der Waals surface area contributed by atoms with Crippen LogP contribution in [0.3, 0.4) is 0 Å². The lowest BCUT2D eigenvalue weighted by Crippen LogP contribution is -2.06. The highest BCUT2D eigenvalue weighted by molar-refractivity contribution is 5.92. The Hall–Kier alpha value is -2.03. The highest BCUT2D eigenvalue weighted by atomic mass is 16.3. The molecule has 1 N–H and O–H groups in total. The largest absolute Gasteiger partial charge is 0.508 e. The van der Waals surface area contributed by atoms with Crippen molar-refractivity contribution in [1.82, 2.24) is 4.57 Å². The molecule has 3 heteroatoms. The van der Waals surface area contributed by atoms with Crippen molar-refractivity contribution in [2.24, 2.45) is 0 Å². The smallest absolute Gasteiger partial charge is 0.176 e. The quantitative estimate of drug-likeness (QED) is 0.799. The number of ketones is 1. The second-order valence-electron chi connectivity index (χ2n) is 3.74. The Morgan fingerprint density at radius 1 is 1.25 bits per heavy atom. The predicted octanol–water partition coefficient (Wildman–Crippen LogP) is 2.44. The summed E-state index contributed by atoms with van der Waals surface area (Å²) in [7, 11) is 0. The predicted molar refractivity (Wildman–Crippen MR) is 61.6 cm³/mol.